The lowest BCUT2D eigenvalue weighted by Gasteiger charge is -2.08. The molecule has 0 fully saturated rings. The lowest BCUT2D eigenvalue weighted by molar-refractivity contribution is 0.0959. The van der Waals surface area contributed by atoms with Crippen LogP contribution in [0.15, 0.2) is 41.5 Å². The SMILES string of the molecule is Cc1nn(Cc2ccccc2)c(C)c1C=NNC(=O)c1cc2c(s1)CCCC2. The van der Waals surface area contributed by atoms with Crippen LogP contribution in [0.1, 0.15) is 55.5 Å². The Kier molecular flexibility index (Phi) is 5.39. The number of aryl methyl sites for hydroxylation is 3. The van der Waals surface area contributed by atoms with Crippen LogP contribution in [-0.4, -0.2) is 21.9 Å². The van der Waals surface area contributed by atoms with Crippen LogP contribution in [0.4, 0.5) is 0 Å². The van der Waals surface area contributed by atoms with Gasteiger partial charge >= 0.3 is 0 Å². The van der Waals surface area contributed by atoms with Gasteiger partial charge in [-0.1, -0.05) is 30.3 Å². The average Bonchev–Trinajstić information content (AvgIpc) is 3.25. The zero-order valence-corrected chi connectivity index (χ0v) is 17.1. The van der Waals surface area contributed by atoms with Gasteiger partial charge in [0.15, 0.2) is 0 Å². The monoisotopic (exact) mass is 392 g/mol. The number of nitrogens with zero attached hydrogens (tertiary/aromatic N) is 3. The van der Waals surface area contributed by atoms with Crippen LogP contribution < -0.4 is 5.43 Å². The summed E-state index contributed by atoms with van der Waals surface area (Å²) < 4.78 is 1.97. The Bertz CT molecular complexity index is 993. The first-order valence-corrected chi connectivity index (χ1v) is 10.5. The molecule has 1 aliphatic carbocycles. The maximum atomic E-state index is 12.4. The molecule has 1 amide bonds. The summed E-state index contributed by atoms with van der Waals surface area (Å²) in [6, 6.07) is 12.3. The maximum absolute atomic E-state index is 12.4. The number of amides is 1. The lowest BCUT2D eigenvalue weighted by atomic mass is 9.99. The number of rotatable bonds is 5. The predicted octanol–water partition coefficient (Wildman–Crippen LogP) is 4.25. The fraction of sp³-hybridized carbons (Fsp3) is 0.318. The molecule has 0 aliphatic heterocycles. The summed E-state index contributed by atoms with van der Waals surface area (Å²) in [4.78, 5) is 14.5. The summed E-state index contributed by atoms with van der Waals surface area (Å²) in [5, 5.41) is 8.82. The van der Waals surface area contributed by atoms with Gasteiger partial charge in [0.1, 0.15) is 0 Å². The van der Waals surface area contributed by atoms with Gasteiger partial charge in [0.05, 0.1) is 23.3 Å². The maximum Gasteiger partial charge on any atom is 0.281 e. The van der Waals surface area contributed by atoms with Crippen LogP contribution in [0, 0.1) is 13.8 Å². The summed E-state index contributed by atoms with van der Waals surface area (Å²) in [6.07, 6.45) is 6.31. The van der Waals surface area contributed by atoms with Crippen LogP contribution in [-0.2, 0) is 19.4 Å². The molecular weight excluding hydrogens is 368 g/mol. The summed E-state index contributed by atoms with van der Waals surface area (Å²) in [5.74, 6) is -0.136. The van der Waals surface area contributed by atoms with Crippen LogP contribution in [0.3, 0.4) is 0 Å². The Morgan fingerprint density at radius 1 is 1.25 bits per heavy atom. The molecule has 5 nitrogen and oxygen atoms in total. The highest BCUT2D eigenvalue weighted by atomic mass is 32.1. The normalized spacial score (nSPS) is 13.6. The van der Waals surface area contributed by atoms with E-state index in [0.717, 1.165) is 34.7 Å². The molecule has 144 valence electrons. The third kappa shape index (κ3) is 3.92. The molecule has 1 aliphatic rings. The van der Waals surface area contributed by atoms with Gasteiger partial charge in [-0.15, -0.1) is 11.3 Å². The molecule has 6 heteroatoms. The number of hydrogen-bond donors (Lipinski definition) is 1. The first-order valence-electron chi connectivity index (χ1n) is 9.64. The second kappa shape index (κ2) is 8.10. The standard InChI is InChI=1S/C22H24N4OS/c1-15-19(16(2)26(25-15)14-17-8-4-3-5-9-17)13-23-24-22(27)21-12-18-10-6-7-11-20(18)28-21/h3-5,8-9,12-13H,6-7,10-11,14H2,1-2H3,(H,24,27). The second-order valence-corrected chi connectivity index (χ2v) is 8.33. The van der Waals surface area contributed by atoms with Gasteiger partial charge < -0.3 is 0 Å². The summed E-state index contributed by atoms with van der Waals surface area (Å²) in [7, 11) is 0. The minimum atomic E-state index is -0.136. The molecule has 28 heavy (non-hydrogen) atoms. The highest BCUT2D eigenvalue weighted by Crippen LogP contribution is 2.29. The van der Waals surface area contributed by atoms with Gasteiger partial charge in [-0.3, -0.25) is 9.48 Å². The van der Waals surface area contributed by atoms with E-state index < -0.39 is 0 Å². The second-order valence-electron chi connectivity index (χ2n) is 7.19. The number of nitrogens with one attached hydrogen (secondary N) is 1. The number of aromatic nitrogens is 2. The summed E-state index contributed by atoms with van der Waals surface area (Å²) in [5.41, 5.74) is 8.09. The topological polar surface area (TPSA) is 59.3 Å². The zero-order valence-electron chi connectivity index (χ0n) is 16.2. The largest absolute Gasteiger partial charge is 0.281 e. The average molecular weight is 393 g/mol. The molecule has 0 unspecified atom stereocenters. The first-order chi connectivity index (χ1) is 13.6. The van der Waals surface area contributed by atoms with Gasteiger partial charge in [0, 0.05) is 16.1 Å². The molecule has 1 N–H and O–H groups in total. The van der Waals surface area contributed by atoms with Crippen LogP contribution in [0.5, 0.6) is 0 Å². The van der Waals surface area contributed by atoms with E-state index >= 15 is 0 Å². The van der Waals surface area contributed by atoms with Crippen molar-refractivity contribution in [3.63, 3.8) is 0 Å². The van der Waals surface area contributed by atoms with E-state index in [9.17, 15) is 4.79 Å². The van der Waals surface area contributed by atoms with Crippen LogP contribution >= 0.6 is 11.3 Å². The Morgan fingerprint density at radius 3 is 2.82 bits per heavy atom. The molecule has 0 spiro atoms. The number of hydrazone groups is 1. The molecule has 2 aromatic heterocycles. The summed E-state index contributed by atoms with van der Waals surface area (Å²) in [6.45, 7) is 4.71. The summed E-state index contributed by atoms with van der Waals surface area (Å²) >= 11 is 1.60. The van der Waals surface area contributed by atoms with Gasteiger partial charge in [-0.05, 0) is 56.7 Å². The van der Waals surface area contributed by atoms with Crippen molar-refractivity contribution in [2.24, 2.45) is 5.10 Å². The van der Waals surface area contributed by atoms with Crippen molar-refractivity contribution in [3.05, 3.63) is 74.2 Å². The Morgan fingerprint density at radius 2 is 2.04 bits per heavy atom. The first kappa shape index (κ1) is 18.6. The van der Waals surface area contributed by atoms with Gasteiger partial charge in [0.25, 0.3) is 5.91 Å². The molecular formula is C22H24N4OS. The molecule has 0 radical (unpaired) electrons. The fourth-order valence-electron chi connectivity index (χ4n) is 3.62. The third-order valence-corrected chi connectivity index (χ3v) is 6.43. The van der Waals surface area contributed by atoms with Crippen LogP contribution in [0.25, 0.3) is 0 Å². The number of fused-ring (bicyclic) bond motifs is 1. The number of carbonyl (C=O) groups excluding carboxylic acids is 1. The highest BCUT2D eigenvalue weighted by Gasteiger charge is 2.17. The number of thiophene rings is 1. The Labute approximate surface area is 169 Å². The highest BCUT2D eigenvalue weighted by molar-refractivity contribution is 7.14. The molecule has 4 rings (SSSR count). The van der Waals surface area contributed by atoms with Gasteiger partial charge in [-0.25, -0.2) is 5.43 Å². The Hall–Kier alpha value is -2.73. The third-order valence-electron chi connectivity index (χ3n) is 5.19. The van der Waals surface area contributed by atoms with E-state index in [2.05, 4.69) is 27.8 Å². The van der Waals surface area contributed by atoms with E-state index in [0.29, 0.717) is 6.54 Å². The molecule has 0 bridgehead atoms. The number of carbonyl (C=O) groups is 1. The van der Waals surface area contributed by atoms with Crippen molar-refractivity contribution in [2.45, 2.75) is 46.1 Å². The molecule has 0 atom stereocenters. The van der Waals surface area contributed by atoms with E-state index in [4.69, 9.17) is 0 Å². The minimum Gasteiger partial charge on any atom is -0.266 e. The minimum absolute atomic E-state index is 0.136. The molecule has 0 saturated carbocycles. The fourth-order valence-corrected chi connectivity index (χ4v) is 4.76. The Balaban J connectivity index is 1.44. The lowest BCUT2D eigenvalue weighted by Crippen LogP contribution is -2.16. The smallest absolute Gasteiger partial charge is 0.266 e. The van der Waals surface area contributed by atoms with Gasteiger partial charge in [0.2, 0.25) is 0 Å². The van der Waals surface area contributed by atoms with E-state index in [1.54, 1.807) is 17.6 Å². The van der Waals surface area contributed by atoms with Crippen molar-refractivity contribution >= 4 is 23.5 Å². The van der Waals surface area contributed by atoms with Crippen molar-refractivity contribution in [2.75, 3.05) is 0 Å². The van der Waals surface area contributed by atoms with Crippen molar-refractivity contribution in [3.8, 4) is 0 Å². The quantitative estimate of drug-likeness (QED) is 0.521. The zero-order chi connectivity index (χ0) is 19.5. The van der Waals surface area contributed by atoms with Crippen molar-refractivity contribution in [1.29, 1.82) is 0 Å². The van der Waals surface area contributed by atoms with Gasteiger partial charge in [-0.2, -0.15) is 10.2 Å². The number of benzene rings is 1. The molecule has 1 aromatic carbocycles. The predicted molar refractivity (Wildman–Crippen MR) is 113 cm³/mol. The van der Waals surface area contributed by atoms with E-state index in [-0.39, 0.29) is 5.91 Å². The van der Waals surface area contributed by atoms with E-state index in [1.807, 2.05) is 42.8 Å². The van der Waals surface area contributed by atoms with Crippen LogP contribution in [0.2, 0.25) is 0 Å². The molecule has 3 aromatic rings. The number of hydrogen-bond acceptors (Lipinski definition) is 4. The molecule has 0 saturated heterocycles. The van der Waals surface area contributed by atoms with Crippen molar-refractivity contribution < 1.29 is 4.79 Å². The van der Waals surface area contributed by atoms with Crippen molar-refractivity contribution in [1.82, 2.24) is 15.2 Å². The molecule has 2 heterocycles. The van der Waals surface area contributed by atoms with E-state index in [1.165, 1.54) is 28.8 Å².